The molecule has 3 aliphatic rings. The Balaban J connectivity index is 1.10. The Morgan fingerprint density at radius 2 is 1.52 bits per heavy atom. The third-order valence-electron chi connectivity index (χ3n) is 11.5. The van der Waals surface area contributed by atoms with Crippen LogP contribution in [0.4, 0.5) is 0 Å². The summed E-state index contributed by atoms with van der Waals surface area (Å²) in [4.78, 5) is 0.219. The molecule has 0 heterocycles. The van der Waals surface area contributed by atoms with E-state index in [-0.39, 0.29) is 23.0 Å². The van der Waals surface area contributed by atoms with Gasteiger partial charge in [0.05, 0.1) is 24.2 Å². The summed E-state index contributed by atoms with van der Waals surface area (Å²) in [7, 11) is -3.79. The van der Waals surface area contributed by atoms with Gasteiger partial charge in [-0.1, -0.05) is 91.3 Å². The SMILES string of the molecule is Cc1ccc(S(=O)(=O)OCCC[C@H]2C[C@]3(C)C(OCc4ccccc4)CC[C@H]3[C@@H]3CCc4cc(OCc5ccccc5)ccc4[C@@H]23)cc1. The first kappa shape index (κ1) is 33.1. The van der Waals surface area contributed by atoms with E-state index in [0.717, 1.165) is 37.0 Å². The Morgan fingerprint density at radius 1 is 0.812 bits per heavy atom. The van der Waals surface area contributed by atoms with Gasteiger partial charge in [0.2, 0.25) is 0 Å². The van der Waals surface area contributed by atoms with E-state index in [2.05, 4.69) is 67.6 Å². The molecule has 6 heteroatoms. The van der Waals surface area contributed by atoms with E-state index in [9.17, 15) is 8.42 Å². The number of ether oxygens (including phenoxy) is 2. The largest absolute Gasteiger partial charge is 0.489 e. The molecule has 0 radical (unpaired) electrons. The Bertz CT molecular complexity index is 1770. The van der Waals surface area contributed by atoms with Crippen molar-refractivity contribution in [2.75, 3.05) is 6.61 Å². The minimum absolute atomic E-state index is 0.0890. The highest BCUT2D eigenvalue weighted by Crippen LogP contribution is 2.64. The quantitative estimate of drug-likeness (QED) is 0.112. The van der Waals surface area contributed by atoms with Crippen LogP contribution in [-0.2, 0) is 38.7 Å². The molecule has 5 nitrogen and oxygen atoms in total. The molecular formula is C42H48O5S. The molecule has 0 aromatic heterocycles. The van der Waals surface area contributed by atoms with Gasteiger partial charge in [-0.25, -0.2) is 0 Å². The highest BCUT2D eigenvalue weighted by Gasteiger charge is 2.58. The number of benzene rings is 4. The maximum absolute atomic E-state index is 12.9. The van der Waals surface area contributed by atoms with Gasteiger partial charge in [-0.15, -0.1) is 0 Å². The van der Waals surface area contributed by atoms with Crippen molar-refractivity contribution < 1.29 is 22.1 Å². The summed E-state index contributed by atoms with van der Waals surface area (Å²) < 4.78 is 44.5. The van der Waals surface area contributed by atoms with Crippen LogP contribution in [0.1, 0.15) is 79.2 Å². The summed E-state index contributed by atoms with van der Waals surface area (Å²) >= 11 is 0. The lowest BCUT2D eigenvalue weighted by atomic mass is 9.51. The molecule has 6 atom stereocenters. The number of rotatable bonds is 12. The summed E-state index contributed by atoms with van der Waals surface area (Å²) in [5.41, 5.74) is 6.37. The average Bonchev–Trinajstić information content (AvgIpc) is 3.44. The molecule has 3 aliphatic carbocycles. The molecule has 7 rings (SSSR count). The Morgan fingerprint density at radius 3 is 2.25 bits per heavy atom. The van der Waals surface area contributed by atoms with Gasteiger partial charge in [-0.05, 0) is 127 Å². The second-order valence-corrected chi connectivity index (χ2v) is 16.1. The van der Waals surface area contributed by atoms with Gasteiger partial charge in [0.15, 0.2) is 0 Å². The van der Waals surface area contributed by atoms with Crippen molar-refractivity contribution in [2.24, 2.45) is 23.2 Å². The van der Waals surface area contributed by atoms with Gasteiger partial charge in [0, 0.05) is 0 Å². The van der Waals surface area contributed by atoms with Crippen molar-refractivity contribution in [1.82, 2.24) is 0 Å². The summed E-state index contributed by atoms with van der Waals surface area (Å²) in [5.74, 6) is 2.98. The molecule has 0 amide bonds. The van der Waals surface area contributed by atoms with E-state index >= 15 is 0 Å². The minimum atomic E-state index is -3.79. The van der Waals surface area contributed by atoms with Gasteiger partial charge in [-0.3, -0.25) is 4.18 Å². The molecular weight excluding hydrogens is 617 g/mol. The summed E-state index contributed by atoms with van der Waals surface area (Å²) in [5, 5.41) is 0. The average molecular weight is 665 g/mol. The molecule has 48 heavy (non-hydrogen) atoms. The van der Waals surface area contributed by atoms with Gasteiger partial charge >= 0.3 is 0 Å². The smallest absolute Gasteiger partial charge is 0.296 e. The van der Waals surface area contributed by atoms with Gasteiger partial charge < -0.3 is 9.47 Å². The molecule has 252 valence electrons. The van der Waals surface area contributed by atoms with Crippen molar-refractivity contribution in [3.05, 3.63) is 131 Å². The lowest BCUT2D eigenvalue weighted by Crippen LogP contribution is -2.48. The van der Waals surface area contributed by atoms with E-state index in [0.29, 0.717) is 43.3 Å². The topological polar surface area (TPSA) is 61.8 Å². The van der Waals surface area contributed by atoms with Crippen molar-refractivity contribution >= 4 is 10.1 Å². The standard InChI is InChI=1S/C42H48O5S/c1-30-15-19-36(20-16-30)48(43,44)47-25-9-14-34-27-42(2)39(23-24-40(42)46-29-32-12-7-4-8-13-32)38-21-17-33-26-35(18-22-37(33)41(34)38)45-28-31-10-5-3-6-11-31/h3-8,10-13,15-16,18-20,22,26,34,38-41H,9,14,17,21,23-25,27-29H2,1-2H3/t34-,38-,39-,40?,41+,42-/m0/s1. The van der Waals surface area contributed by atoms with Crippen LogP contribution in [0.25, 0.3) is 0 Å². The monoisotopic (exact) mass is 664 g/mol. The van der Waals surface area contributed by atoms with E-state index in [1.54, 1.807) is 12.1 Å². The third-order valence-corrected chi connectivity index (χ3v) is 12.9. The zero-order valence-electron chi connectivity index (χ0n) is 28.2. The maximum atomic E-state index is 12.9. The fourth-order valence-electron chi connectivity index (χ4n) is 9.26. The highest BCUT2D eigenvalue weighted by atomic mass is 32.2. The van der Waals surface area contributed by atoms with E-state index in [4.69, 9.17) is 13.7 Å². The second-order valence-electron chi connectivity index (χ2n) is 14.5. The van der Waals surface area contributed by atoms with Crippen LogP contribution in [0.3, 0.4) is 0 Å². The fourth-order valence-corrected chi connectivity index (χ4v) is 10.2. The van der Waals surface area contributed by atoms with Crippen LogP contribution in [0.5, 0.6) is 5.75 Å². The molecule has 2 saturated carbocycles. The van der Waals surface area contributed by atoms with Gasteiger partial charge in [0.1, 0.15) is 12.4 Å². The first-order valence-corrected chi connectivity index (χ1v) is 19.1. The minimum Gasteiger partial charge on any atom is -0.489 e. The van der Waals surface area contributed by atoms with Crippen molar-refractivity contribution in [2.45, 2.75) is 88.9 Å². The lowest BCUT2D eigenvalue weighted by molar-refractivity contribution is -0.0879. The molecule has 2 fully saturated rings. The number of aryl methyl sites for hydroxylation is 2. The normalized spacial score (nSPS) is 26.3. The third kappa shape index (κ3) is 6.99. The lowest BCUT2D eigenvalue weighted by Gasteiger charge is -2.54. The zero-order valence-corrected chi connectivity index (χ0v) is 29.0. The molecule has 0 saturated heterocycles. The van der Waals surface area contributed by atoms with Crippen molar-refractivity contribution in [3.8, 4) is 5.75 Å². The van der Waals surface area contributed by atoms with Gasteiger partial charge in [0.25, 0.3) is 10.1 Å². The van der Waals surface area contributed by atoms with Gasteiger partial charge in [-0.2, -0.15) is 8.42 Å². The van der Waals surface area contributed by atoms with E-state index in [1.807, 2.05) is 37.3 Å². The maximum Gasteiger partial charge on any atom is 0.296 e. The summed E-state index contributed by atoms with van der Waals surface area (Å²) in [6, 6.07) is 34.5. The molecule has 4 aromatic carbocycles. The van der Waals surface area contributed by atoms with Crippen LogP contribution in [0.15, 0.2) is 108 Å². The summed E-state index contributed by atoms with van der Waals surface area (Å²) in [6.45, 7) is 5.83. The Hall–Kier alpha value is -3.45. The van der Waals surface area contributed by atoms with Crippen LogP contribution in [0, 0.1) is 30.1 Å². The van der Waals surface area contributed by atoms with Crippen LogP contribution in [0.2, 0.25) is 0 Å². The van der Waals surface area contributed by atoms with Crippen molar-refractivity contribution in [3.63, 3.8) is 0 Å². The number of hydrogen-bond acceptors (Lipinski definition) is 5. The molecule has 4 aromatic rings. The predicted molar refractivity (Wildman–Crippen MR) is 189 cm³/mol. The highest BCUT2D eigenvalue weighted by molar-refractivity contribution is 7.86. The number of hydrogen-bond donors (Lipinski definition) is 0. The first-order valence-electron chi connectivity index (χ1n) is 17.7. The predicted octanol–water partition coefficient (Wildman–Crippen LogP) is 9.43. The molecule has 1 unspecified atom stereocenters. The Labute approximate surface area is 286 Å². The zero-order chi connectivity index (χ0) is 33.1. The van der Waals surface area contributed by atoms with E-state index < -0.39 is 10.1 Å². The number of fused-ring (bicyclic) bond motifs is 5. The molecule has 0 N–H and O–H groups in total. The first-order chi connectivity index (χ1) is 23.3. The fraction of sp³-hybridized carbons (Fsp3) is 0.429. The molecule has 0 aliphatic heterocycles. The van der Waals surface area contributed by atoms with Crippen LogP contribution >= 0.6 is 0 Å². The van der Waals surface area contributed by atoms with Crippen LogP contribution in [-0.4, -0.2) is 21.1 Å². The summed E-state index contributed by atoms with van der Waals surface area (Å²) in [6.07, 6.45) is 7.45. The second kappa shape index (κ2) is 14.2. The molecule has 0 spiro atoms. The van der Waals surface area contributed by atoms with Crippen molar-refractivity contribution in [1.29, 1.82) is 0 Å². The molecule has 0 bridgehead atoms. The van der Waals surface area contributed by atoms with Crippen LogP contribution < -0.4 is 4.74 Å². The van der Waals surface area contributed by atoms with E-state index in [1.165, 1.54) is 35.1 Å². The Kier molecular flexibility index (Phi) is 9.77.